The van der Waals surface area contributed by atoms with Crippen molar-refractivity contribution in [3.05, 3.63) is 179 Å². The highest BCUT2D eigenvalue weighted by atomic mass is 19.1. The summed E-state index contributed by atoms with van der Waals surface area (Å²) in [7, 11) is 2.25. The van der Waals surface area contributed by atoms with Crippen molar-refractivity contribution in [3.8, 4) is 0 Å². The van der Waals surface area contributed by atoms with E-state index in [9.17, 15) is 23.9 Å². The summed E-state index contributed by atoms with van der Waals surface area (Å²) in [5, 5.41) is 37.1. The van der Waals surface area contributed by atoms with Crippen molar-refractivity contribution < 1.29 is 47.9 Å². The molecule has 0 radical (unpaired) electrons. The van der Waals surface area contributed by atoms with Gasteiger partial charge in [-0.25, -0.2) is 4.39 Å². The molecule has 3 aliphatic rings. The van der Waals surface area contributed by atoms with Crippen LogP contribution in [0.3, 0.4) is 0 Å². The molecule has 10 rings (SSSR count). The molecule has 5 aromatic carbocycles. The number of likely N-dealkylation sites (tertiary alicyclic amines) is 1. The van der Waals surface area contributed by atoms with Crippen molar-refractivity contribution in [2.45, 2.75) is 202 Å². The largest absolute Gasteiger partial charge is 0.391 e. The molecular weight excluding hydrogens is 1350 g/mol. The lowest BCUT2D eigenvalue weighted by atomic mass is 9.71. The monoisotopic (exact) mass is 1450 g/mol. The zero-order valence-electron chi connectivity index (χ0n) is 60.9. The van der Waals surface area contributed by atoms with Crippen LogP contribution in [0.5, 0.6) is 0 Å². The molecule has 24 nitrogen and oxygen atoms in total. The highest BCUT2D eigenvalue weighted by Crippen LogP contribution is 2.45. The fraction of sp³-hybridized carbons (Fsp3) is 0.469. The number of fused-ring (bicyclic) bond motifs is 3. The molecule has 106 heavy (non-hydrogen) atoms. The molecule has 0 saturated carbocycles. The lowest BCUT2D eigenvalue weighted by Gasteiger charge is -2.45. The molecule has 12 atom stereocenters. The Hall–Kier alpha value is -9.82. The number of nitrogens with zero attached hydrogens (tertiary/aromatic N) is 2. The molecule has 2 saturated heterocycles. The number of nitrogens with two attached hydrogens (primary N) is 3. The van der Waals surface area contributed by atoms with E-state index in [1.54, 1.807) is 60.8 Å². The first-order valence-electron chi connectivity index (χ1n) is 37.8. The van der Waals surface area contributed by atoms with E-state index in [2.05, 4.69) is 93.8 Å². The lowest BCUT2D eigenvalue weighted by Crippen LogP contribution is -2.61. The van der Waals surface area contributed by atoms with Crippen molar-refractivity contribution in [2.24, 2.45) is 28.1 Å². The molecule has 1 aliphatic carbocycles. The minimum atomic E-state index is -1.65. The van der Waals surface area contributed by atoms with Crippen molar-refractivity contribution >= 4 is 74.9 Å². The van der Waals surface area contributed by atoms with E-state index in [4.69, 9.17) is 17.2 Å². The number of nitrogens with one attached hydrogen (secondary N) is 10. The number of carbonyl (C=O) groups excluding carboxylic acids is 8. The van der Waals surface area contributed by atoms with Gasteiger partial charge in [0, 0.05) is 84.9 Å². The molecule has 0 unspecified atom stereocenters. The van der Waals surface area contributed by atoms with E-state index in [1.807, 2.05) is 30.3 Å². The number of halogens is 1. The van der Waals surface area contributed by atoms with Crippen LogP contribution >= 0.6 is 0 Å². The zero-order chi connectivity index (χ0) is 75.1. The first kappa shape index (κ1) is 78.8. The number of aliphatic hydroxyl groups excluding tert-OH is 1. The molecule has 566 valence electrons. The second-order valence-corrected chi connectivity index (χ2v) is 29.0. The quantitative estimate of drug-likeness (QED) is 0.0195. The maximum atomic E-state index is 15.4. The third-order valence-electron chi connectivity index (χ3n) is 21.1. The van der Waals surface area contributed by atoms with Gasteiger partial charge in [-0.3, -0.25) is 43.3 Å². The smallest absolute Gasteiger partial charge is 0.245 e. The van der Waals surface area contributed by atoms with Crippen molar-refractivity contribution in [1.29, 1.82) is 0 Å². The van der Waals surface area contributed by atoms with E-state index in [0.29, 0.717) is 85.2 Å². The van der Waals surface area contributed by atoms with Gasteiger partial charge in [-0.15, -0.1) is 0 Å². The van der Waals surface area contributed by atoms with E-state index < -0.39 is 102 Å². The van der Waals surface area contributed by atoms with Crippen LogP contribution < -0.4 is 59.7 Å². The molecular formula is C81H106FN15O9. The fourth-order valence-electron chi connectivity index (χ4n) is 15.4. The second-order valence-electron chi connectivity index (χ2n) is 29.0. The number of aromatic amines is 2. The van der Waals surface area contributed by atoms with Crippen LogP contribution in [0.2, 0.25) is 0 Å². The average Bonchev–Trinajstić information content (AvgIpc) is 1.50. The van der Waals surface area contributed by atoms with Gasteiger partial charge in [0.15, 0.2) is 11.7 Å². The van der Waals surface area contributed by atoms with Gasteiger partial charge in [0.2, 0.25) is 41.4 Å². The van der Waals surface area contributed by atoms with Gasteiger partial charge < -0.3 is 79.7 Å². The van der Waals surface area contributed by atoms with Crippen LogP contribution in [0.25, 0.3) is 21.8 Å². The summed E-state index contributed by atoms with van der Waals surface area (Å²) in [5.41, 5.74) is 24.7. The molecule has 2 aromatic heterocycles. The molecule has 7 amide bonds. The number of benzene rings is 5. The SMILES string of the molecule is C[C@@H](O)[C@@H]1NC(=O)[C@H](CCCCN)NC(=O)[C@@H](Cc2c[nH]c3ccccc23)NC(=O)[C@H](Cc2ccccc2)NC(=O)[C@H](Cc2ccccc2)NC(=O)[C@H](CCCN=C(N)N)NC(=O)[C@H](NCCCCC[C@@H]2C[C@@H]3c4cccc5[nH]cc(c45)C[C@H]3N(C)C2)CCCCCC(=O)[C@H](Cc2ccc(F)cc2)NC1=O. The number of unbranched alkanes of at least 4 members (excludes halogenated alkanes) is 3. The number of carbonyl (C=O) groups is 8. The first-order chi connectivity index (χ1) is 51.3. The Morgan fingerprint density at radius 2 is 1.14 bits per heavy atom. The molecule has 4 heterocycles. The van der Waals surface area contributed by atoms with Crippen LogP contribution in [-0.4, -0.2) is 167 Å². The number of piperidine rings is 1. The molecule has 2 fully saturated rings. The van der Waals surface area contributed by atoms with Gasteiger partial charge in [0.25, 0.3) is 0 Å². The Balaban J connectivity index is 0.946. The topological polar surface area (TPSA) is 378 Å². The summed E-state index contributed by atoms with van der Waals surface area (Å²) < 4.78 is 14.3. The molecule has 17 N–H and O–H groups in total. The van der Waals surface area contributed by atoms with E-state index in [0.717, 1.165) is 56.0 Å². The van der Waals surface area contributed by atoms with Gasteiger partial charge >= 0.3 is 0 Å². The number of aromatic nitrogens is 2. The lowest BCUT2D eigenvalue weighted by molar-refractivity contribution is -0.136. The van der Waals surface area contributed by atoms with E-state index in [-0.39, 0.29) is 76.2 Å². The Labute approximate surface area is 619 Å². The van der Waals surface area contributed by atoms with Crippen LogP contribution in [0.4, 0.5) is 4.39 Å². The molecule has 7 aromatic rings. The summed E-state index contributed by atoms with van der Waals surface area (Å²) in [4.78, 5) is 133. The average molecular weight is 1450 g/mol. The van der Waals surface area contributed by atoms with Crippen molar-refractivity contribution in [1.82, 2.24) is 57.4 Å². The molecule has 0 spiro atoms. The van der Waals surface area contributed by atoms with Crippen LogP contribution in [-0.2, 0) is 70.5 Å². The minimum Gasteiger partial charge on any atom is -0.391 e. The fourth-order valence-corrected chi connectivity index (χ4v) is 15.4. The number of rotatable bonds is 24. The van der Waals surface area contributed by atoms with Gasteiger partial charge in [0.1, 0.15) is 42.1 Å². The summed E-state index contributed by atoms with van der Waals surface area (Å²) in [6, 6.07) is 27.4. The number of H-pyrrole nitrogens is 2. The highest BCUT2D eigenvalue weighted by molar-refractivity contribution is 5.99. The normalized spacial score (nSPS) is 24.1. The number of aliphatic hydroxyl groups is 1. The Morgan fingerprint density at radius 3 is 1.81 bits per heavy atom. The molecule has 25 heteroatoms. The minimum absolute atomic E-state index is 0.00934. The predicted molar refractivity (Wildman–Crippen MR) is 408 cm³/mol. The number of guanidine groups is 1. The number of hydrogen-bond donors (Lipinski definition) is 14. The summed E-state index contributed by atoms with van der Waals surface area (Å²) in [6.07, 6.45) is 10.5. The Kier molecular flexibility index (Phi) is 29.0. The first-order valence-corrected chi connectivity index (χ1v) is 37.8. The van der Waals surface area contributed by atoms with Crippen LogP contribution in [0, 0.1) is 11.7 Å². The number of para-hydroxylation sites is 1. The number of likely N-dealkylation sites (N-methyl/N-ethyl adjacent to an activating group) is 1. The van der Waals surface area contributed by atoms with Gasteiger partial charge in [-0.05, 0) is 168 Å². The standard InChI is InChI=1S/C81H106FN15O9/c1-50(98)73-80(106)92-66(42-53-34-36-57(82)37-35-53)71(99)33-13-5-12-29-63(86-39-18-6-11-25-54-41-60-59-27-19-31-62-72(59)56(48-89-62)46-70(60)97(2)49-54)74(100)90-65(32-20-40-87-81(84)85)75(101)93-67(43-51-21-7-3-8-22-51)77(103)94-68(44-52-23-9-4-10-24-52)78(104)95-69(45-55-47-88-61-28-15-14-26-58(55)61)79(105)91-64(76(102)96-73)30-16-17-38-83/h3-4,7-10,14-15,19,21-24,26-28,31,34-37,47-48,50,54,60,63-70,73,86,88-89,98H,5-6,11-13,16-18,20,25,29-30,32-33,38-46,49,83H2,1-2H3,(H,90,100)(H,91,105)(H,92,106)(H,93,101)(H,94,103)(H,95,104)(H,96,102)(H4,84,85,87)/t50-,54-,60-,63-,64+,65+,66+,67+,68+,69-,70-,73+/m1/s1. The molecule has 0 bridgehead atoms. The van der Waals surface area contributed by atoms with E-state index in [1.165, 1.54) is 53.2 Å². The third-order valence-corrected chi connectivity index (χ3v) is 21.1. The number of aliphatic imine (C=N–C) groups is 1. The van der Waals surface area contributed by atoms with Crippen molar-refractivity contribution in [3.63, 3.8) is 0 Å². The number of hydrogen-bond acceptors (Lipinski definition) is 13. The molecule has 2 aliphatic heterocycles. The van der Waals surface area contributed by atoms with Crippen molar-refractivity contribution in [2.75, 3.05) is 33.2 Å². The second kappa shape index (κ2) is 39.0. The third kappa shape index (κ3) is 22.1. The maximum Gasteiger partial charge on any atom is 0.245 e. The van der Waals surface area contributed by atoms with Crippen LogP contribution in [0.1, 0.15) is 143 Å². The van der Waals surface area contributed by atoms with Gasteiger partial charge in [0.05, 0.1) is 18.2 Å². The zero-order valence-corrected chi connectivity index (χ0v) is 60.9. The maximum absolute atomic E-state index is 15.4. The van der Waals surface area contributed by atoms with Crippen LogP contribution in [0.15, 0.2) is 145 Å². The highest BCUT2D eigenvalue weighted by Gasteiger charge is 2.41. The Bertz CT molecular complexity index is 4110. The number of amides is 7. The Morgan fingerprint density at radius 1 is 0.575 bits per heavy atom. The van der Waals surface area contributed by atoms with E-state index >= 15 is 24.0 Å². The van der Waals surface area contributed by atoms with Gasteiger partial charge in [-0.2, -0.15) is 0 Å². The van der Waals surface area contributed by atoms with Gasteiger partial charge in [-0.1, -0.05) is 129 Å². The number of ketones is 1. The summed E-state index contributed by atoms with van der Waals surface area (Å²) >= 11 is 0. The summed E-state index contributed by atoms with van der Waals surface area (Å²) in [5.74, 6) is -5.35. The summed E-state index contributed by atoms with van der Waals surface area (Å²) in [6.45, 7) is 3.17. The predicted octanol–water partition coefficient (Wildman–Crippen LogP) is 5.73. The number of Topliss-reactive ketones (excluding diaryl/α,β-unsaturated/α-hetero) is 1.